The van der Waals surface area contributed by atoms with Gasteiger partial charge in [-0.2, -0.15) is 0 Å². The zero-order valence-corrected chi connectivity index (χ0v) is 8.65. The van der Waals surface area contributed by atoms with Crippen LogP contribution in [0.15, 0.2) is 0 Å². The number of hydrogen-bond donors (Lipinski definition) is 2. The Morgan fingerprint density at radius 3 is 2.69 bits per heavy atom. The van der Waals surface area contributed by atoms with Crippen molar-refractivity contribution in [2.45, 2.75) is 25.7 Å². The van der Waals surface area contributed by atoms with Crippen LogP contribution >= 0.6 is 11.9 Å². The Kier molecular flexibility index (Phi) is 9.63. The standard InChI is InChI=1S/C8H18N2O2S/c9-5-6-12-8(11)4-2-1-3-7-13-10/h1-7,9-10H2. The lowest BCUT2D eigenvalue weighted by atomic mass is 10.2. The number of esters is 1. The molecule has 4 N–H and O–H groups in total. The summed E-state index contributed by atoms with van der Waals surface area (Å²) in [5, 5.41) is 5.25. The maximum atomic E-state index is 10.9. The highest BCUT2D eigenvalue weighted by Gasteiger charge is 2.00. The number of ether oxygens (including phenoxy) is 1. The third-order valence-corrected chi connectivity index (χ3v) is 2.05. The number of rotatable bonds is 8. The minimum absolute atomic E-state index is 0.147. The second kappa shape index (κ2) is 9.83. The molecule has 0 aliphatic carbocycles. The Labute approximate surface area is 83.5 Å². The minimum atomic E-state index is -0.147. The summed E-state index contributed by atoms with van der Waals surface area (Å²) in [6, 6.07) is 0. The summed E-state index contributed by atoms with van der Waals surface area (Å²) in [6.07, 6.45) is 3.46. The number of hydrogen-bond acceptors (Lipinski definition) is 5. The van der Waals surface area contributed by atoms with E-state index in [1.54, 1.807) is 0 Å². The van der Waals surface area contributed by atoms with Gasteiger partial charge < -0.3 is 10.5 Å². The molecular formula is C8H18N2O2S. The highest BCUT2D eigenvalue weighted by molar-refractivity contribution is 7.97. The van der Waals surface area contributed by atoms with Gasteiger partial charge in [0.25, 0.3) is 0 Å². The molecule has 0 aromatic rings. The zero-order chi connectivity index (χ0) is 9.94. The predicted molar refractivity (Wildman–Crippen MR) is 55.1 cm³/mol. The fourth-order valence-corrected chi connectivity index (χ4v) is 1.25. The second-order valence-electron chi connectivity index (χ2n) is 2.69. The average Bonchev–Trinajstić information content (AvgIpc) is 2.14. The van der Waals surface area contributed by atoms with E-state index in [0.717, 1.165) is 25.0 Å². The predicted octanol–water partition coefficient (Wildman–Crippen LogP) is 0.656. The van der Waals surface area contributed by atoms with Crippen molar-refractivity contribution >= 4 is 17.9 Å². The van der Waals surface area contributed by atoms with Gasteiger partial charge in [-0.3, -0.25) is 9.93 Å². The monoisotopic (exact) mass is 206 g/mol. The molecule has 0 atom stereocenters. The van der Waals surface area contributed by atoms with Crippen LogP contribution in [0.4, 0.5) is 0 Å². The molecule has 0 saturated heterocycles. The summed E-state index contributed by atoms with van der Waals surface area (Å²) in [7, 11) is 0. The first kappa shape index (κ1) is 12.7. The molecule has 0 bridgehead atoms. The third kappa shape index (κ3) is 9.66. The molecule has 13 heavy (non-hydrogen) atoms. The second-order valence-corrected chi connectivity index (χ2v) is 3.43. The Balaban J connectivity index is 3.08. The van der Waals surface area contributed by atoms with Gasteiger partial charge in [-0.05, 0) is 12.8 Å². The van der Waals surface area contributed by atoms with Crippen molar-refractivity contribution in [3.8, 4) is 0 Å². The molecule has 0 unspecified atom stereocenters. The maximum Gasteiger partial charge on any atom is 0.305 e. The van der Waals surface area contributed by atoms with Gasteiger partial charge in [-0.15, -0.1) is 0 Å². The number of carbonyl (C=O) groups is 1. The van der Waals surface area contributed by atoms with Crippen LogP contribution in [-0.2, 0) is 9.53 Å². The van der Waals surface area contributed by atoms with Crippen molar-refractivity contribution in [3.05, 3.63) is 0 Å². The molecule has 0 spiro atoms. The summed E-state index contributed by atoms with van der Waals surface area (Å²) >= 11 is 1.34. The van der Waals surface area contributed by atoms with E-state index in [4.69, 9.17) is 15.6 Å². The number of carbonyl (C=O) groups excluding carboxylic acids is 1. The molecule has 0 heterocycles. The fourth-order valence-electron chi connectivity index (χ4n) is 0.876. The van der Waals surface area contributed by atoms with E-state index in [1.807, 2.05) is 0 Å². The van der Waals surface area contributed by atoms with Crippen LogP contribution in [0.2, 0.25) is 0 Å². The largest absolute Gasteiger partial charge is 0.464 e. The molecule has 5 heteroatoms. The van der Waals surface area contributed by atoms with Gasteiger partial charge in [-0.25, -0.2) is 0 Å². The molecule has 0 aromatic heterocycles. The Morgan fingerprint density at radius 2 is 2.08 bits per heavy atom. The lowest BCUT2D eigenvalue weighted by molar-refractivity contribution is -0.143. The lowest BCUT2D eigenvalue weighted by Crippen LogP contribution is -2.13. The molecule has 4 nitrogen and oxygen atoms in total. The van der Waals surface area contributed by atoms with E-state index in [1.165, 1.54) is 11.9 Å². The average molecular weight is 206 g/mol. The Bertz CT molecular complexity index is 133. The van der Waals surface area contributed by atoms with Gasteiger partial charge in [0.15, 0.2) is 0 Å². The smallest absolute Gasteiger partial charge is 0.305 e. The molecule has 0 fully saturated rings. The van der Waals surface area contributed by atoms with Crippen molar-refractivity contribution < 1.29 is 9.53 Å². The van der Waals surface area contributed by atoms with E-state index >= 15 is 0 Å². The van der Waals surface area contributed by atoms with Crippen LogP contribution in [0.25, 0.3) is 0 Å². The SMILES string of the molecule is NCCOC(=O)CCCCCSN. The number of unbranched alkanes of at least 4 members (excludes halogenated alkanes) is 2. The topological polar surface area (TPSA) is 78.3 Å². The van der Waals surface area contributed by atoms with E-state index in [2.05, 4.69) is 0 Å². The van der Waals surface area contributed by atoms with Crippen molar-refractivity contribution in [3.63, 3.8) is 0 Å². The van der Waals surface area contributed by atoms with Crippen LogP contribution in [-0.4, -0.2) is 24.9 Å². The van der Waals surface area contributed by atoms with Crippen molar-refractivity contribution in [2.24, 2.45) is 10.9 Å². The van der Waals surface area contributed by atoms with Gasteiger partial charge in [0.1, 0.15) is 6.61 Å². The van der Waals surface area contributed by atoms with Crippen molar-refractivity contribution in [2.75, 3.05) is 18.9 Å². The van der Waals surface area contributed by atoms with Crippen LogP contribution in [0.1, 0.15) is 25.7 Å². The molecule has 0 saturated carbocycles. The van der Waals surface area contributed by atoms with Crippen molar-refractivity contribution in [1.82, 2.24) is 0 Å². The first-order valence-electron chi connectivity index (χ1n) is 4.48. The molecule has 0 radical (unpaired) electrons. The van der Waals surface area contributed by atoms with Crippen LogP contribution < -0.4 is 10.9 Å². The van der Waals surface area contributed by atoms with Gasteiger partial charge in [-0.1, -0.05) is 18.4 Å². The van der Waals surface area contributed by atoms with Gasteiger partial charge in [0, 0.05) is 18.7 Å². The van der Waals surface area contributed by atoms with Crippen molar-refractivity contribution in [1.29, 1.82) is 0 Å². The first-order chi connectivity index (χ1) is 6.31. The summed E-state index contributed by atoms with van der Waals surface area (Å²) in [5.41, 5.74) is 5.18. The fraction of sp³-hybridized carbons (Fsp3) is 0.875. The maximum absolute atomic E-state index is 10.9. The van der Waals surface area contributed by atoms with E-state index in [0.29, 0.717) is 19.6 Å². The van der Waals surface area contributed by atoms with Gasteiger partial charge >= 0.3 is 5.97 Å². The third-order valence-electron chi connectivity index (χ3n) is 1.52. The Hall–Kier alpha value is -0.260. The quantitative estimate of drug-likeness (QED) is 0.346. The summed E-state index contributed by atoms with van der Waals surface area (Å²) < 4.78 is 4.80. The summed E-state index contributed by atoms with van der Waals surface area (Å²) in [6.45, 7) is 0.729. The molecule has 0 aromatic carbocycles. The molecule has 0 aliphatic rings. The first-order valence-corrected chi connectivity index (χ1v) is 5.53. The molecular weight excluding hydrogens is 188 g/mol. The van der Waals surface area contributed by atoms with E-state index < -0.39 is 0 Å². The Morgan fingerprint density at radius 1 is 1.31 bits per heavy atom. The van der Waals surface area contributed by atoms with E-state index in [-0.39, 0.29) is 5.97 Å². The molecule has 78 valence electrons. The molecule has 0 rings (SSSR count). The number of nitrogens with two attached hydrogens (primary N) is 2. The van der Waals surface area contributed by atoms with Crippen LogP contribution in [0.3, 0.4) is 0 Å². The minimum Gasteiger partial charge on any atom is -0.464 e. The van der Waals surface area contributed by atoms with E-state index in [9.17, 15) is 4.79 Å². The van der Waals surface area contributed by atoms with Gasteiger partial charge in [0.2, 0.25) is 0 Å². The lowest BCUT2D eigenvalue weighted by Gasteiger charge is -2.02. The summed E-state index contributed by atoms with van der Waals surface area (Å²) in [4.78, 5) is 10.9. The van der Waals surface area contributed by atoms with Crippen LogP contribution in [0.5, 0.6) is 0 Å². The summed E-state index contributed by atoms with van der Waals surface area (Å²) in [5.74, 6) is 0.809. The molecule has 0 aliphatic heterocycles. The highest BCUT2D eigenvalue weighted by atomic mass is 32.2. The van der Waals surface area contributed by atoms with Crippen LogP contribution in [0, 0.1) is 0 Å². The normalized spacial score (nSPS) is 10.0. The van der Waals surface area contributed by atoms with Gasteiger partial charge in [0.05, 0.1) is 0 Å². The molecule has 0 amide bonds. The highest BCUT2D eigenvalue weighted by Crippen LogP contribution is 2.03. The zero-order valence-electron chi connectivity index (χ0n) is 7.83.